The van der Waals surface area contributed by atoms with E-state index >= 15 is 0 Å². The van der Waals surface area contributed by atoms with Gasteiger partial charge in [-0.25, -0.2) is 8.42 Å². The van der Waals surface area contributed by atoms with Gasteiger partial charge in [-0.3, -0.25) is 4.79 Å². The van der Waals surface area contributed by atoms with Crippen molar-refractivity contribution in [2.45, 2.75) is 64.3 Å². The number of piperidine rings is 2. The quantitative estimate of drug-likeness (QED) is 0.782. The summed E-state index contributed by atoms with van der Waals surface area (Å²) in [6.07, 6.45) is 1.15. The monoisotopic (exact) mass is 432 g/mol. The van der Waals surface area contributed by atoms with Crippen molar-refractivity contribution in [2.75, 3.05) is 6.54 Å². The van der Waals surface area contributed by atoms with Gasteiger partial charge in [0, 0.05) is 12.6 Å². The maximum atomic E-state index is 13.4. The zero-order valence-corrected chi connectivity index (χ0v) is 19.1. The zero-order chi connectivity index (χ0) is 20.4. The number of sulfonamides is 1. The molecule has 8 heteroatoms. The molecule has 4 rings (SSSR count). The van der Waals surface area contributed by atoms with Crippen molar-refractivity contribution in [1.29, 1.82) is 0 Å². The van der Waals surface area contributed by atoms with Gasteiger partial charge in [-0.1, -0.05) is 46.2 Å². The molecule has 1 N–H and O–H groups in total. The molecule has 3 heterocycles. The summed E-state index contributed by atoms with van der Waals surface area (Å²) in [4.78, 5) is 15.3. The number of thiophene rings is 1. The van der Waals surface area contributed by atoms with Gasteiger partial charge < -0.3 is 4.90 Å². The molecule has 2 bridgehead atoms. The minimum Gasteiger partial charge on any atom is -0.338 e. The average molecular weight is 433 g/mol. The van der Waals surface area contributed by atoms with E-state index < -0.39 is 21.5 Å². The number of carbonyl (C=O) groups is 1. The fourth-order valence-corrected chi connectivity index (χ4v) is 7.41. The van der Waals surface area contributed by atoms with E-state index in [-0.39, 0.29) is 21.6 Å². The standard InChI is InChI=1S/C19H29ClN2O3S2/c1-11-13-9-12(19(13,5)6)10-22(11)17(23)16(18(2,3)4)21-27(24,25)15-8-7-14(20)26-15/h7-8,11-13,16,21H,9-10H2,1-6H3/t11-,12?,13+,16-/m1/s1. The molecule has 1 aliphatic carbocycles. The first-order valence-electron chi connectivity index (χ1n) is 9.33. The van der Waals surface area contributed by atoms with Gasteiger partial charge in [0.2, 0.25) is 5.91 Å². The van der Waals surface area contributed by atoms with Gasteiger partial charge in [0.1, 0.15) is 10.3 Å². The predicted octanol–water partition coefficient (Wildman–Crippen LogP) is 3.99. The summed E-state index contributed by atoms with van der Waals surface area (Å²) >= 11 is 6.89. The van der Waals surface area contributed by atoms with Crippen LogP contribution >= 0.6 is 22.9 Å². The lowest BCUT2D eigenvalue weighted by Crippen LogP contribution is -2.68. The number of rotatable bonds is 4. The van der Waals surface area contributed by atoms with Gasteiger partial charge in [-0.15, -0.1) is 11.3 Å². The van der Waals surface area contributed by atoms with E-state index in [1.165, 1.54) is 6.07 Å². The second kappa shape index (κ2) is 6.71. The molecule has 5 nitrogen and oxygen atoms in total. The van der Waals surface area contributed by atoms with Crippen LogP contribution in [0, 0.1) is 22.7 Å². The van der Waals surface area contributed by atoms with Crippen LogP contribution in [-0.2, 0) is 14.8 Å². The van der Waals surface area contributed by atoms with Gasteiger partial charge in [-0.05, 0) is 48.1 Å². The second-order valence-corrected chi connectivity index (χ2v) is 13.2. The number of hydrogen-bond donors (Lipinski definition) is 1. The highest BCUT2D eigenvalue weighted by Crippen LogP contribution is 2.57. The molecule has 1 aromatic rings. The van der Waals surface area contributed by atoms with Crippen LogP contribution in [0.25, 0.3) is 0 Å². The number of nitrogens with zero attached hydrogens (tertiary/aromatic N) is 1. The molecule has 2 aliphatic heterocycles. The lowest BCUT2D eigenvalue weighted by Gasteiger charge is -2.63. The first kappa shape index (κ1) is 21.1. The number of carbonyl (C=O) groups excluding carboxylic acids is 1. The van der Waals surface area contributed by atoms with E-state index in [1.54, 1.807) is 6.07 Å². The Balaban J connectivity index is 1.85. The van der Waals surface area contributed by atoms with Crippen molar-refractivity contribution in [2.24, 2.45) is 22.7 Å². The Kier molecular flexibility index (Phi) is 5.24. The Morgan fingerprint density at radius 3 is 2.44 bits per heavy atom. The van der Waals surface area contributed by atoms with E-state index in [4.69, 9.17) is 11.6 Å². The Morgan fingerprint density at radius 2 is 2.00 bits per heavy atom. The molecule has 1 amide bonds. The highest BCUT2D eigenvalue weighted by molar-refractivity contribution is 7.91. The van der Waals surface area contributed by atoms with Crippen LogP contribution in [0.3, 0.4) is 0 Å². The van der Waals surface area contributed by atoms with E-state index in [2.05, 4.69) is 25.5 Å². The van der Waals surface area contributed by atoms with Gasteiger partial charge in [-0.2, -0.15) is 4.72 Å². The van der Waals surface area contributed by atoms with Gasteiger partial charge >= 0.3 is 0 Å². The van der Waals surface area contributed by atoms with Crippen molar-refractivity contribution in [3.8, 4) is 0 Å². The molecule has 1 saturated carbocycles. The number of fused-ring (bicyclic) bond motifs is 2. The summed E-state index contributed by atoms with van der Waals surface area (Å²) in [7, 11) is -3.81. The van der Waals surface area contributed by atoms with Crippen molar-refractivity contribution in [3.05, 3.63) is 16.5 Å². The van der Waals surface area contributed by atoms with Crippen LogP contribution in [0.5, 0.6) is 0 Å². The second-order valence-electron chi connectivity index (χ2n) is 9.57. The van der Waals surface area contributed by atoms with Crippen LogP contribution < -0.4 is 4.72 Å². The van der Waals surface area contributed by atoms with Crippen LogP contribution in [0.2, 0.25) is 4.34 Å². The molecule has 152 valence electrons. The third-order valence-electron chi connectivity index (χ3n) is 6.52. The zero-order valence-electron chi connectivity index (χ0n) is 16.7. The minimum atomic E-state index is -3.81. The molecule has 0 radical (unpaired) electrons. The summed E-state index contributed by atoms with van der Waals surface area (Å²) in [5, 5.41) is 0. The SMILES string of the molecule is C[C@@H]1[C@@H]2CC(CN1C(=O)[C@@H](NS(=O)(=O)c1ccc(Cl)s1)C(C)(C)C)C2(C)C. The summed E-state index contributed by atoms with van der Waals surface area (Å²) < 4.78 is 28.8. The molecule has 3 aliphatic rings. The highest BCUT2D eigenvalue weighted by atomic mass is 35.5. The topological polar surface area (TPSA) is 66.5 Å². The number of amides is 1. The maximum absolute atomic E-state index is 13.4. The van der Waals surface area contributed by atoms with E-state index in [9.17, 15) is 13.2 Å². The Hall–Kier alpha value is -0.630. The molecule has 27 heavy (non-hydrogen) atoms. The van der Waals surface area contributed by atoms with Crippen molar-refractivity contribution >= 4 is 38.9 Å². The Morgan fingerprint density at radius 1 is 1.37 bits per heavy atom. The first-order valence-corrected chi connectivity index (χ1v) is 12.0. The van der Waals surface area contributed by atoms with Crippen LogP contribution in [0.15, 0.2) is 16.3 Å². The molecule has 3 fully saturated rings. The van der Waals surface area contributed by atoms with Gasteiger partial charge in [0.15, 0.2) is 0 Å². The van der Waals surface area contributed by atoms with E-state index in [0.717, 1.165) is 17.8 Å². The summed E-state index contributed by atoms with van der Waals surface area (Å²) in [5.41, 5.74) is -0.303. The lowest BCUT2D eigenvalue weighted by atomic mass is 9.50. The third-order valence-corrected chi connectivity index (χ3v) is 9.67. The summed E-state index contributed by atoms with van der Waals surface area (Å²) in [5.74, 6) is 0.816. The van der Waals surface area contributed by atoms with Crippen LogP contribution in [-0.4, -0.2) is 37.9 Å². The molecular formula is C19H29ClN2O3S2. The molecule has 2 saturated heterocycles. The lowest BCUT2D eigenvalue weighted by molar-refractivity contribution is -0.169. The Bertz CT molecular complexity index is 841. The molecule has 0 aromatic carbocycles. The van der Waals surface area contributed by atoms with Crippen LogP contribution in [0.1, 0.15) is 48.0 Å². The molecule has 1 aromatic heterocycles. The van der Waals surface area contributed by atoms with E-state index in [1.807, 2.05) is 25.7 Å². The van der Waals surface area contributed by atoms with Crippen molar-refractivity contribution in [3.63, 3.8) is 0 Å². The fraction of sp³-hybridized carbons (Fsp3) is 0.737. The number of nitrogens with one attached hydrogen (secondary N) is 1. The molecular weight excluding hydrogens is 404 g/mol. The first-order chi connectivity index (χ1) is 12.2. The molecule has 0 spiro atoms. The number of halogens is 1. The van der Waals surface area contributed by atoms with Crippen molar-refractivity contribution < 1.29 is 13.2 Å². The minimum absolute atomic E-state index is 0.114. The number of hydrogen-bond acceptors (Lipinski definition) is 4. The third kappa shape index (κ3) is 3.68. The summed E-state index contributed by atoms with van der Waals surface area (Å²) in [6, 6.07) is 2.31. The molecule has 1 unspecified atom stereocenters. The highest BCUT2D eigenvalue weighted by Gasteiger charge is 2.57. The van der Waals surface area contributed by atoms with Gasteiger partial charge in [0.05, 0.1) is 4.34 Å². The Labute approximate surface area is 171 Å². The maximum Gasteiger partial charge on any atom is 0.250 e. The predicted molar refractivity (Wildman–Crippen MR) is 109 cm³/mol. The van der Waals surface area contributed by atoms with Crippen molar-refractivity contribution in [1.82, 2.24) is 9.62 Å². The smallest absolute Gasteiger partial charge is 0.250 e. The van der Waals surface area contributed by atoms with Gasteiger partial charge in [0.25, 0.3) is 10.0 Å². The largest absolute Gasteiger partial charge is 0.338 e. The average Bonchev–Trinajstić information content (AvgIpc) is 2.98. The van der Waals surface area contributed by atoms with E-state index in [0.29, 0.717) is 22.7 Å². The fourth-order valence-electron chi connectivity index (χ4n) is 4.52. The molecule has 4 atom stereocenters. The summed E-state index contributed by atoms with van der Waals surface area (Å²) in [6.45, 7) is 13.0. The van der Waals surface area contributed by atoms with Crippen LogP contribution in [0.4, 0.5) is 0 Å². The normalized spacial score (nSPS) is 28.6.